The van der Waals surface area contributed by atoms with E-state index >= 15 is 0 Å². The molecule has 0 aliphatic rings. The Hall–Kier alpha value is -2.60. The van der Waals surface area contributed by atoms with Crippen molar-refractivity contribution in [1.82, 2.24) is 4.57 Å². The molecule has 0 aliphatic heterocycles. The van der Waals surface area contributed by atoms with Crippen molar-refractivity contribution in [3.05, 3.63) is 68.9 Å². The van der Waals surface area contributed by atoms with Gasteiger partial charge in [-0.3, -0.25) is 9.36 Å². The lowest BCUT2D eigenvalue weighted by atomic mass is 10.1. The number of carboxylic acids is 1. The quantitative estimate of drug-likeness (QED) is 0.763. The molecule has 0 aliphatic carbocycles. The van der Waals surface area contributed by atoms with Gasteiger partial charge in [-0.2, -0.15) is 0 Å². The van der Waals surface area contributed by atoms with E-state index in [-0.39, 0.29) is 5.56 Å². The third-order valence-electron chi connectivity index (χ3n) is 3.53. The monoisotopic (exact) mass is 373 g/mol. The lowest BCUT2D eigenvalue weighted by molar-refractivity contribution is 0.0695. The van der Waals surface area contributed by atoms with Gasteiger partial charge in [0, 0.05) is 10.2 Å². The number of aromatic carboxylic acids is 1. The van der Waals surface area contributed by atoms with Crippen molar-refractivity contribution in [3.8, 4) is 11.4 Å². The summed E-state index contributed by atoms with van der Waals surface area (Å²) in [5, 5.41) is 9.96. The minimum absolute atomic E-state index is 0.268. The number of nitrogens with zero attached hydrogens (tertiary/aromatic N) is 1. The number of carboxylic acid groups (broad SMARTS) is 1. The molecule has 0 saturated carbocycles. The van der Waals surface area contributed by atoms with Crippen LogP contribution in [-0.4, -0.2) is 22.8 Å². The topological polar surface area (TPSA) is 68.5 Å². The van der Waals surface area contributed by atoms with Crippen LogP contribution in [0.1, 0.15) is 10.4 Å². The summed E-state index contributed by atoms with van der Waals surface area (Å²) in [6.45, 7) is 0. The molecule has 1 heterocycles. The smallest absolute Gasteiger partial charge is 0.341 e. The summed E-state index contributed by atoms with van der Waals surface area (Å²) in [6.07, 6.45) is 0. The van der Waals surface area contributed by atoms with Crippen LogP contribution in [0.2, 0.25) is 0 Å². The van der Waals surface area contributed by atoms with Crippen molar-refractivity contribution in [2.45, 2.75) is 0 Å². The minimum Gasteiger partial charge on any atom is -0.497 e. The van der Waals surface area contributed by atoms with E-state index < -0.39 is 11.5 Å². The summed E-state index contributed by atoms with van der Waals surface area (Å²) in [5.41, 5.74) is 0.352. The van der Waals surface area contributed by atoms with Crippen LogP contribution in [0.3, 0.4) is 0 Å². The Labute approximate surface area is 139 Å². The second-order valence-corrected chi connectivity index (χ2v) is 5.82. The molecule has 0 unspecified atom stereocenters. The van der Waals surface area contributed by atoms with Crippen molar-refractivity contribution in [2.24, 2.45) is 0 Å². The van der Waals surface area contributed by atoms with E-state index in [1.807, 2.05) is 0 Å². The number of ether oxygens (including phenoxy) is 1. The van der Waals surface area contributed by atoms with E-state index in [0.29, 0.717) is 22.3 Å². The number of pyridine rings is 1. The Morgan fingerprint density at radius 1 is 1.13 bits per heavy atom. The van der Waals surface area contributed by atoms with Gasteiger partial charge in [0.15, 0.2) is 0 Å². The van der Waals surface area contributed by atoms with Gasteiger partial charge >= 0.3 is 5.97 Å². The molecule has 2 aromatic carbocycles. The zero-order valence-electron chi connectivity index (χ0n) is 12.1. The highest BCUT2D eigenvalue weighted by atomic mass is 79.9. The maximum absolute atomic E-state index is 12.6. The standard InChI is InChI=1S/C17H12BrNO4/c1-23-13-6-4-12(5-7-13)19-15-9-11(18)3-2-10(15)8-14(16(19)20)17(21)22/h2-9H,1H3,(H,21,22). The summed E-state index contributed by atoms with van der Waals surface area (Å²) in [6, 6.07) is 13.6. The molecule has 0 radical (unpaired) electrons. The summed E-state index contributed by atoms with van der Waals surface area (Å²) in [7, 11) is 1.55. The molecular weight excluding hydrogens is 362 g/mol. The molecule has 1 N–H and O–H groups in total. The number of benzene rings is 2. The molecule has 5 nitrogen and oxygen atoms in total. The maximum atomic E-state index is 12.6. The fourth-order valence-electron chi connectivity index (χ4n) is 2.42. The zero-order valence-corrected chi connectivity index (χ0v) is 13.7. The van der Waals surface area contributed by atoms with Gasteiger partial charge in [0.2, 0.25) is 0 Å². The van der Waals surface area contributed by atoms with Gasteiger partial charge < -0.3 is 9.84 Å². The van der Waals surface area contributed by atoms with E-state index in [4.69, 9.17) is 4.74 Å². The lowest BCUT2D eigenvalue weighted by Crippen LogP contribution is -2.25. The first-order valence-electron chi connectivity index (χ1n) is 6.74. The van der Waals surface area contributed by atoms with E-state index in [9.17, 15) is 14.7 Å². The van der Waals surface area contributed by atoms with Gasteiger partial charge in [-0.15, -0.1) is 0 Å². The number of halogens is 1. The molecular formula is C17H12BrNO4. The Bertz CT molecular complexity index is 961. The molecule has 23 heavy (non-hydrogen) atoms. The molecule has 0 atom stereocenters. The van der Waals surface area contributed by atoms with E-state index in [1.54, 1.807) is 49.6 Å². The van der Waals surface area contributed by atoms with Crippen LogP contribution in [-0.2, 0) is 0 Å². The zero-order chi connectivity index (χ0) is 16.6. The second-order valence-electron chi connectivity index (χ2n) is 4.90. The lowest BCUT2D eigenvalue weighted by Gasteiger charge is -2.12. The predicted octanol–water partition coefficient (Wildman–Crippen LogP) is 3.46. The maximum Gasteiger partial charge on any atom is 0.341 e. The highest BCUT2D eigenvalue weighted by Crippen LogP contribution is 2.23. The van der Waals surface area contributed by atoms with Crippen LogP contribution in [0.15, 0.2) is 57.8 Å². The fourth-order valence-corrected chi connectivity index (χ4v) is 2.77. The van der Waals surface area contributed by atoms with Gasteiger partial charge in [0.1, 0.15) is 11.3 Å². The van der Waals surface area contributed by atoms with Gasteiger partial charge in [-0.05, 0) is 47.9 Å². The van der Waals surface area contributed by atoms with Crippen LogP contribution < -0.4 is 10.3 Å². The molecule has 0 amide bonds. The van der Waals surface area contributed by atoms with Crippen molar-refractivity contribution in [1.29, 1.82) is 0 Å². The average Bonchev–Trinajstić information content (AvgIpc) is 2.54. The van der Waals surface area contributed by atoms with Crippen LogP contribution in [0.25, 0.3) is 16.6 Å². The first-order valence-corrected chi connectivity index (χ1v) is 7.53. The number of hydrogen-bond donors (Lipinski definition) is 1. The van der Waals surface area contributed by atoms with Gasteiger partial charge in [-0.1, -0.05) is 22.0 Å². The van der Waals surface area contributed by atoms with Crippen molar-refractivity contribution < 1.29 is 14.6 Å². The van der Waals surface area contributed by atoms with Gasteiger partial charge in [0.25, 0.3) is 5.56 Å². The first kappa shape index (κ1) is 15.3. The summed E-state index contributed by atoms with van der Waals surface area (Å²) in [4.78, 5) is 24.0. The molecule has 3 rings (SSSR count). The highest BCUT2D eigenvalue weighted by molar-refractivity contribution is 9.10. The van der Waals surface area contributed by atoms with E-state index in [2.05, 4.69) is 15.9 Å². The summed E-state index contributed by atoms with van der Waals surface area (Å²) < 4.78 is 7.31. The number of methoxy groups -OCH3 is 1. The number of hydrogen-bond acceptors (Lipinski definition) is 3. The average molecular weight is 374 g/mol. The predicted molar refractivity (Wildman–Crippen MR) is 90.8 cm³/mol. The molecule has 3 aromatic rings. The number of aromatic nitrogens is 1. The highest BCUT2D eigenvalue weighted by Gasteiger charge is 2.16. The molecule has 0 saturated heterocycles. The van der Waals surface area contributed by atoms with Crippen molar-refractivity contribution >= 4 is 32.8 Å². The normalized spacial score (nSPS) is 10.7. The molecule has 0 fully saturated rings. The molecule has 6 heteroatoms. The third-order valence-corrected chi connectivity index (χ3v) is 4.02. The number of fused-ring (bicyclic) bond motifs is 1. The van der Waals surface area contributed by atoms with E-state index in [1.165, 1.54) is 10.6 Å². The summed E-state index contributed by atoms with van der Waals surface area (Å²) >= 11 is 3.38. The van der Waals surface area contributed by atoms with Crippen LogP contribution in [0.4, 0.5) is 0 Å². The number of carbonyl (C=O) groups is 1. The third kappa shape index (κ3) is 2.73. The molecule has 0 spiro atoms. The Kier molecular flexibility index (Phi) is 3.92. The van der Waals surface area contributed by atoms with Gasteiger partial charge in [0.05, 0.1) is 12.6 Å². The molecule has 1 aromatic heterocycles. The Morgan fingerprint density at radius 3 is 2.43 bits per heavy atom. The molecule has 0 bridgehead atoms. The van der Waals surface area contributed by atoms with Gasteiger partial charge in [-0.25, -0.2) is 4.79 Å². The van der Waals surface area contributed by atoms with Crippen molar-refractivity contribution in [2.75, 3.05) is 7.11 Å². The first-order chi connectivity index (χ1) is 11.0. The summed E-state index contributed by atoms with van der Waals surface area (Å²) in [5.74, 6) is -0.594. The Morgan fingerprint density at radius 2 is 1.83 bits per heavy atom. The fraction of sp³-hybridized carbons (Fsp3) is 0.0588. The van der Waals surface area contributed by atoms with Crippen LogP contribution in [0.5, 0.6) is 5.75 Å². The Balaban J connectivity index is 2.40. The SMILES string of the molecule is COc1ccc(-n2c(=O)c(C(=O)O)cc3ccc(Br)cc32)cc1. The van der Waals surface area contributed by atoms with Crippen LogP contribution in [0, 0.1) is 0 Å². The largest absolute Gasteiger partial charge is 0.497 e. The van der Waals surface area contributed by atoms with Crippen molar-refractivity contribution in [3.63, 3.8) is 0 Å². The van der Waals surface area contributed by atoms with E-state index in [0.717, 1.165) is 4.47 Å². The second kappa shape index (κ2) is 5.89. The molecule has 116 valence electrons. The van der Waals surface area contributed by atoms with Crippen LogP contribution >= 0.6 is 15.9 Å². The minimum atomic E-state index is -1.25. The number of rotatable bonds is 3.